The van der Waals surface area contributed by atoms with Crippen LogP contribution in [0.2, 0.25) is 0 Å². The molecular formula is C35H40Cl2N4O6. The molecule has 2 heterocycles. The number of aliphatic carboxylic acids is 2. The first kappa shape index (κ1) is 37.2. The molecule has 0 spiro atoms. The third kappa shape index (κ3) is 7.36. The van der Waals surface area contributed by atoms with Gasteiger partial charge in [-0.1, -0.05) is 72.8 Å². The van der Waals surface area contributed by atoms with Crippen LogP contribution in [-0.2, 0) is 15.0 Å². The lowest BCUT2D eigenvalue weighted by molar-refractivity contribution is -0.385. The molecular weight excluding hydrogens is 643 g/mol. The maximum atomic E-state index is 12.8. The number of halogens is 2. The van der Waals surface area contributed by atoms with E-state index in [1.54, 1.807) is 24.8 Å². The first-order valence-electron chi connectivity index (χ1n) is 15.0. The van der Waals surface area contributed by atoms with Gasteiger partial charge in [-0.3, -0.25) is 19.9 Å². The van der Waals surface area contributed by atoms with Crippen LogP contribution in [0, 0.1) is 10.1 Å². The van der Waals surface area contributed by atoms with Gasteiger partial charge in [0.1, 0.15) is 0 Å². The number of hydrogen-bond acceptors (Lipinski definition) is 7. The molecule has 0 bridgehead atoms. The molecule has 5 rings (SSSR count). The third-order valence-electron chi connectivity index (χ3n) is 9.24. The van der Waals surface area contributed by atoms with Crippen molar-refractivity contribution in [2.45, 2.75) is 32.2 Å². The van der Waals surface area contributed by atoms with Crippen molar-refractivity contribution in [2.75, 3.05) is 39.3 Å². The molecule has 1 saturated heterocycles. The number of carboxylic acids is 2. The first-order valence-corrected chi connectivity index (χ1v) is 15.0. The van der Waals surface area contributed by atoms with Crippen molar-refractivity contribution in [1.82, 2.24) is 14.7 Å². The van der Waals surface area contributed by atoms with Crippen LogP contribution >= 0.6 is 24.8 Å². The molecule has 12 heteroatoms. The molecule has 2 aliphatic heterocycles. The van der Waals surface area contributed by atoms with Crippen LogP contribution in [0.15, 0.2) is 107 Å². The molecule has 10 nitrogen and oxygen atoms in total. The second-order valence-corrected chi connectivity index (χ2v) is 11.7. The molecule has 0 atom stereocenters. The summed E-state index contributed by atoms with van der Waals surface area (Å²) >= 11 is 0. The number of carboxylic acid groups (broad SMARTS) is 2. The number of allylic oxidation sites excluding steroid dienone is 2. The van der Waals surface area contributed by atoms with E-state index in [0.29, 0.717) is 24.5 Å². The minimum absolute atomic E-state index is 0. The Morgan fingerprint density at radius 2 is 1.28 bits per heavy atom. The number of piperazine rings is 1. The van der Waals surface area contributed by atoms with E-state index < -0.39 is 22.3 Å². The van der Waals surface area contributed by atoms with E-state index in [2.05, 4.69) is 58.3 Å². The topological polar surface area (TPSA) is 127 Å². The van der Waals surface area contributed by atoms with Crippen LogP contribution in [0.1, 0.15) is 43.5 Å². The number of non-ortho nitro benzene ring substituents is 1. The van der Waals surface area contributed by atoms with E-state index in [-0.39, 0.29) is 53.3 Å². The Balaban J connectivity index is 0.00000300. The molecule has 3 aromatic carbocycles. The number of nitro groups is 1. The fraction of sp³-hybridized carbons (Fsp3) is 0.314. The lowest BCUT2D eigenvalue weighted by atomic mass is 9.67. The van der Waals surface area contributed by atoms with Crippen molar-refractivity contribution in [1.29, 1.82) is 0 Å². The highest BCUT2D eigenvalue weighted by Gasteiger charge is 2.49. The van der Waals surface area contributed by atoms with Gasteiger partial charge in [0.15, 0.2) is 0 Å². The van der Waals surface area contributed by atoms with E-state index in [1.165, 1.54) is 36.2 Å². The van der Waals surface area contributed by atoms with Gasteiger partial charge < -0.3 is 15.1 Å². The predicted molar refractivity (Wildman–Crippen MR) is 185 cm³/mol. The Bertz CT molecular complexity index is 1580. The zero-order chi connectivity index (χ0) is 32.3. The predicted octanol–water partition coefficient (Wildman–Crippen LogP) is 6.14. The fourth-order valence-corrected chi connectivity index (χ4v) is 7.03. The van der Waals surface area contributed by atoms with Crippen molar-refractivity contribution in [2.24, 2.45) is 0 Å². The van der Waals surface area contributed by atoms with Crippen molar-refractivity contribution < 1.29 is 24.7 Å². The number of carbonyl (C=O) groups is 2. The van der Waals surface area contributed by atoms with Crippen LogP contribution in [-0.4, -0.2) is 81.0 Å². The number of nitro benzene ring substituents is 1. The average Bonchev–Trinajstić information content (AvgIpc) is 3.02. The summed E-state index contributed by atoms with van der Waals surface area (Å²) in [5.41, 5.74) is 1.51. The second-order valence-electron chi connectivity index (χ2n) is 11.7. The van der Waals surface area contributed by atoms with Gasteiger partial charge in [0.25, 0.3) is 5.69 Å². The minimum atomic E-state index is -1.61. The maximum Gasteiger partial charge on any atom is 0.334 e. The summed E-state index contributed by atoms with van der Waals surface area (Å²) in [5.74, 6) is -2.53. The van der Waals surface area contributed by atoms with Gasteiger partial charge in [-0.25, -0.2) is 9.59 Å². The Kier molecular flexibility index (Phi) is 12.3. The molecule has 250 valence electrons. The molecule has 0 aliphatic carbocycles. The SMILES string of the molecule is CC1=C(C(=O)O)C(C)(c2cccc([N+](=O)[O-])c2)C(C(=O)O)=C(C)N1CCN1CCN(C(c2ccccc2)c2ccccc2)CC1.Cl.Cl. The van der Waals surface area contributed by atoms with E-state index >= 15 is 0 Å². The summed E-state index contributed by atoms with van der Waals surface area (Å²) < 4.78 is 0. The van der Waals surface area contributed by atoms with Gasteiger partial charge in [0.05, 0.1) is 27.5 Å². The van der Waals surface area contributed by atoms with Gasteiger partial charge in [-0.15, -0.1) is 24.8 Å². The summed E-state index contributed by atoms with van der Waals surface area (Å²) in [4.78, 5) is 43.1. The monoisotopic (exact) mass is 682 g/mol. The molecule has 2 aliphatic rings. The van der Waals surface area contributed by atoms with Crippen molar-refractivity contribution in [3.05, 3.63) is 134 Å². The van der Waals surface area contributed by atoms with Gasteiger partial charge in [0, 0.05) is 62.8 Å². The lowest BCUT2D eigenvalue weighted by Gasteiger charge is -2.44. The fourth-order valence-electron chi connectivity index (χ4n) is 7.03. The Hall–Kier alpha value is -4.22. The number of nitrogens with zero attached hydrogens (tertiary/aromatic N) is 4. The second kappa shape index (κ2) is 15.6. The van der Waals surface area contributed by atoms with Crippen LogP contribution < -0.4 is 0 Å². The quantitative estimate of drug-likeness (QED) is 0.192. The smallest absolute Gasteiger partial charge is 0.334 e. The van der Waals surface area contributed by atoms with Crippen LogP contribution in [0.5, 0.6) is 0 Å². The zero-order valence-corrected chi connectivity index (χ0v) is 28.2. The molecule has 0 saturated carbocycles. The molecule has 47 heavy (non-hydrogen) atoms. The Labute approximate surface area is 287 Å². The summed E-state index contributed by atoms with van der Waals surface area (Å²) in [5, 5.41) is 32.4. The molecule has 0 radical (unpaired) electrons. The Morgan fingerprint density at radius 3 is 1.72 bits per heavy atom. The van der Waals surface area contributed by atoms with Gasteiger partial charge >= 0.3 is 11.9 Å². The van der Waals surface area contributed by atoms with Crippen molar-refractivity contribution >= 4 is 42.4 Å². The van der Waals surface area contributed by atoms with Crippen LogP contribution in [0.3, 0.4) is 0 Å². The first-order chi connectivity index (χ1) is 21.5. The summed E-state index contributed by atoms with van der Waals surface area (Å²) in [7, 11) is 0. The normalized spacial score (nSPS) is 16.8. The summed E-state index contributed by atoms with van der Waals surface area (Å²) in [6.07, 6.45) is 0. The molecule has 0 aromatic heterocycles. The standard InChI is InChI=1S/C35H38N4O6.2ClH/c1-24-30(33(40)41)35(3,28-15-10-16-29(23-28)39(44)45)31(34(42)43)25(2)38(24)22-19-36-17-20-37(21-18-36)32(26-11-6-4-7-12-26)27-13-8-5-9-14-27;;/h4-16,23,32H,17-22H2,1-3H3,(H,40,41)(H,42,43);2*1H. The van der Waals surface area contributed by atoms with Crippen molar-refractivity contribution in [3.8, 4) is 0 Å². The minimum Gasteiger partial charge on any atom is -0.478 e. The van der Waals surface area contributed by atoms with Gasteiger partial charge in [-0.2, -0.15) is 0 Å². The van der Waals surface area contributed by atoms with E-state index in [1.807, 2.05) is 12.1 Å². The third-order valence-corrected chi connectivity index (χ3v) is 9.24. The molecule has 3 aromatic rings. The van der Waals surface area contributed by atoms with E-state index in [4.69, 9.17) is 0 Å². The summed E-state index contributed by atoms with van der Waals surface area (Å²) in [6, 6.07) is 26.6. The summed E-state index contributed by atoms with van der Waals surface area (Å²) in [6.45, 7) is 9.18. The number of benzene rings is 3. The van der Waals surface area contributed by atoms with E-state index in [9.17, 15) is 29.9 Å². The highest BCUT2D eigenvalue weighted by molar-refractivity contribution is 6.00. The molecule has 2 N–H and O–H groups in total. The lowest BCUT2D eigenvalue weighted by Crippen LogP contribution is -2.50. The molecule has 1 fully saturated rings. The average molecular weight is 684 g/mol. The van der Waals surface area contributed by atoms with Crippen molar-refractivity contribution in [3.63, 3.8) is 0 Å². The van der Waals surface area contributed by atoms with Gasteiger partial charge in [0.2, 0.25) is 0 Å². The van der Waals surface area contributed by atoms with Crippen LogP contribution in [0.4, 0.5) is 5.69 Å². The Morgan fingerprint density at radius 1 is 0.787 bits per heavy atom. The number of hydrogen-bond donors (Lipinski definition) is 2. The van der Waals surface area contributed by atoms with E-state index in [0.717, 1.165) is 26.2 Å². The highest BCUT2D eigenvalue weighted by Crippen LogP contribution is 2.47. The molecule has 0 amide bonds. The zero-order valence-electron chi connectivity index (χ0n) is 26.5. The van der Waals surface area contributed by atoms with Gasteiger partial charge in [-0.05, 0) is 37.5 Å². The maximum absolute atomic E-state index is 12.8. The highest BCUT2D eigenvalue weighted by atomic mass is 35.5. The molecule has 0 unspecified atom stereocenters. The largest absolute Gasteiger partial charge is 0.478 e. The number of rotatable bonds is 10. The van der Waals surface area contributed by atoms with Crippen LogP contribution in [0.25, 0.3) is 0 Å².